The number of thioether (sulfide) groups is 1. The summed E-state index contributed by atoms with van der Waals surface area (Å²) in [4.78, 5) is 17.2. The van der Waals surface area contributed by atoms with Crippen molar-refractivity contribution in [2.75, 3.05) is 5.75 Å². The number of rotatable bonds is 7. The molecule has 10 heteroatoms. The van der Waals surface area contributed by atoms with Gasteiger partial charge >= 0.3 is 0 Å². The summed E-state index contributed by atoms with van der Waals surface area (Å²) in [6, 6.07) is 14.4. The molecule has 4 rings (SSSR count). The number of oxazole rings is 1. The number of benzene rings is 2. The summed E-state index contributed by atoms with van der Waals surface area (Å²) in [5.74, 6) is -0.702. The maximum Gasteiger partial charge on any atom is 0.238 e. The van der Waals surface area contributed by atoms with Gasteiger partial charge in [0, 0.05) is 10.6 Å². The predicted octanol–water partition coefficient (Wildman–Crippen LogP) is 6.00. The van der Waals surface area contributed by atoms with Gasteiger partial charge in [-0.05, 0) is 60.0 Å². The van der Waals surface area contributed by atoms with Gasteiger partial charge in [-0.1, -0.05) is 29.4 Å². The van der Waals surface area contributed by atoms with Crippen molar-refractivity contribution in [3.05, 3.63) is 82.4 Å². The predicted molar refractivity (Wildman–Crippen MR) is 118 cm³/mol. The third-order valence-electron chi connectivity index (χ3n) is 4.18. The van der Waals surface area contributed by atoms with E-state index in [-0.39, 0.29) is 32.4 Å². The van der Waals surface area contributed by atoms with Gasteiger partial charge in [0.1, 0.15) is 5.82 Å². The Kier molecular flexibility index (Phi) is 6.29. The highest BCUT2D eigenvalue weighted by molar-refractivity contribution is 8.00. The van der Waals surface area contributed by atoms with Gasteiger partial charge < -0.3 is 4.42 Å². The molecular formula is C21H13ClFNO4S3. The molecule has 0 atom stereocenters. The van der Waals surface area contributed by atoms with Crippen molar-refractivity contribution in [3.63, 3.8) is 0 Å². The molecule has 31 heavy (non-hydrogen) atoms. The molecule has 0 aliphatic rings. The first-order valence-electron chi connectivity index (χ1n) is 8.81. The molecule has 0 fully saturated rings. The molecule has 0 saturated heterocycles. The standard InChI is InChI=1S/C21H13ClFNO4S3/c22-14-5-3-13(4-6-14)17(25)12-30-21-20(24-19(28-21)18-2-1-11-29-18)31(26,27)16-9-7-15(23)8-10-16/h1-11H,12H2. The second-order valence-electron chi connectivity index (χ2n) is 6.27. The molecule has 0 spiro atoms. The van der Waals surface area contributed by atoms with E-state index in [2.05, 4.69) is 4.98 Å². The molecule has 0 aliphatic carbocycles. The number of ketones is 1. The fourth-order valence-electron chi connectivity index (χ4n) is 2.63. The second kappa shape index (κ2) is 8.96. The second-order valence-corrected chi connectivity index (χ2v) is 10.5. The lowest BCUT2D eigenvalue weighted by atomic mass is 10.1. The maximum absolute atomic E-state index is 13.3. The van der Waals surface area contributed by atoms with Crippen molar-refractivity contribution >= 4 is 50.3 Å². The van der Waals surface area contributed by atoms with Gasteiger partial charge in [-0.2, -0.15) is 4.98 Å². The molecule has 4 aromatic rings. The molecule has 0 radical (unpaired) electrons. The highest BCUT2D eigenvalue weighted by atomic mass is 35.5. The van der Waals surface area contributed by atoms with Crippen LogP contribution in [0.3, 0.4) is 0 Å². The van der Waals surface area contributed by atoms with E-state index in [0.29, 0.717) is 15.5 Å². The average Bonchev–Trinajstić information content (AvgIpc) is 3.43. The molecule has 0 amide bonds. The number of halogens is 2. The average molecular weight is 494 g/mol. The van der Waals surface area contributed by atoms with Gasteiger partial charge in [-0.15, -0.1) is 11.3 Å². The summed E-state index contributed by atoms with van der Waals surface area (Å²) in [6.07, 6.45) is 0. The number of nitrogens with zero attached hydrogens (tertiary/aromatic N) is 1. The maximum atomic E-state index is 13.3. The van der Waals surface area contributed by atoms with Crippen molar-refractivity contribution in [2.45, 2.75) is 15.0 Å². The molecule has 0 aliphatic heterocycles. The van der Waals surface area contributed by atoms with Crippen molar-refractivity contribution in [1.29, 1.82) is 0 Å². The Morgan fingerprint density at radius 1 is 1.10 bits per heavy atom. The Hall–Kier alpha value is -2.46. The molecule has 0 saturated carbocycles. The SMILES string of the molecule is O=C(CSc1oc(-c2cccs2)nc1S(=O)(=O)c1ccc(F)cc1)c1ccc(Cl)cc1. The largest absolute Gasteiger partial charge is 0.428 e. The van der Waals surface area contributed by atoms with Crippen molar-refractivity contribution in [2.24, 2.45) is 0 Å². The number of carbonyl (C=O) groups excluding carboxylic acids is 1. The van der Waals surface area contributed by atoms with Crippen LogP contribution in [0.25, 0.3) is 10.8 Å². The highest BCUT2D eigenvalue weighted by Gasteiger charge is 2.29. The zero-order chi connectivity index (χ0) is 22.0. The summed E-state index contributed by atoms with van der Waals surface area (Å²) in [5.41, 5.74) is 0.442. The summed E-state index contributed by atoms with van der Waals surface area (Å²) in [7, 11) is -4.09. The molecule has 158 valence electrons. The molecule has 0 N–H and O–H groups in total. The minimum absolute atomic E-state index is 0.00459. The molecular weight excluding hydrogens is 481 g/mol. The van der Waals surface area contributed by atoms with Crippen LogP contribution in [0, 0.1) is 5.82 Å². The number of thiophene rings is 1. The number of carbonyl (C=O) groups is 1. The lowest BCUT2D eigenvalue weighted by Crippen LogP contribution is -2.06. The topological polar surface area (TPSA) is 77.2 Å². The first-order chi connectivity index (χ1) is 14.8. The number of hydrogen-bond donors (Lipinski definition) is 0. The van der Waals surface area contributed by atoms with Crippen LogP contribution in [-0.2, 0) is 9.84 Å². The Balaban J connectivity index is 1.68. The van der Waals surface area contributed by atoms with Crippen LogP contribution in [0.2, 0.25) is 5.02 Å². The van der Waals surface area contributed by atoms with Crippen LogP contribution in [0.5, 0.6) is 0 Å². The van der Waals surface area contributed by atoms with Crippen LogP contribution >= 0.6 is 34.7 Å². The van der Waals surface area contributed by atoms with E-state index >= 15 is 0 Å². The van der Waals surface area contributed by atoms with E-state index in [1.807, 2.05) is 5.38 Å². The summed E-state index contributed by atoms with van der Waals surface area (Å²) in [6.45, 7) is 0. The number of aromatic nitrogens is 1. The monoisotopic (exact) mass is 493 g/mol. The first-order valence-corrected chi connectivity index (χ1v) is 12.5. The van der Waals surface area contributed by atoms with Gasteiger partial charge in [0.25, 0.3) is 0 Å². The van der Waals surface area contributed by atoms with Crippen molar-refractivity contribution in [1.82, 2.24) is 4.98 Å². The number of sulfone groups is 1. The van der Waals surface area contributed by atoms with E-state index < -0.39 is 15.7 Å². The normalized spacial score (nSPS) is 11.5. The molecule has 0 bridgehead atoms. The molecule has 2 aromatic carbocycles. The third-order valence-corrected chi connectivity index (χ3v) is 8.04. The van der Waals surface area contributed by atoms with E-state index in [9.17, 15) is 17.6 Å². The van der Waals surface area contributed by atoms with Crippen LogP contribution in [-0.4, -0.2) is 24.9 Å². The van der Waals surface area contributed by atoms with Crippen LogP contribution in [0.4, 0.5) is 4.39 Å². The number of Topliss-reactive ketones (excluding diaryl/α,β-unsaturated/α-hetero) is 1. The molecule has 0 unspecified atom stereocenters. The smallest absolute Gasteiger partial charge is 0.238 e. The lowest BCUT2D eigenvalue weighted by molar-refractivity contribution is 0.102. The van der Waals surface area contributed by atoms with E-state index in [0.717, 1.165) is 36.0 Å². The van der Waals surface area contributed by atoms with E-state index in [1.165, 1.54) is 11.3 Å². The van der Waals surface area contributed by atoms with Crippen molar-refractivity contribution < 1.29 is 22.0 Å². The lowest BCUT2D eigenvalue weighted by Gasteiger charge is -2.04. The number of hydrogen-bond acceptors (Lipinski definition) is 7. The van der Waals surface area contributed by atoms with Gasteiger partial charge in [-0.25, -0.2) is 12.8 Å². The van der Waals surface area contributed by atoms with Crippen LogP contribution < -0.4 is 0 Å². The van der Waals surface area contributed by atoms with E-state index in [1.54, 1.807) is 36.4 Å². The fourth-order valence-corrected chi connectivity index (χ4v) is 5.83. The Morgan fingerprint density at radius 3 is 2.45 bits per heavy atom. The molecule has 2 aromatic heterocycles. The van der Waals surface area contributed by atoms with Gasteiger partial charge in [0.2, 0.25) is 25.8 Å². The highest BCUT2D eigenvalue weighted by Crippen LogP contribution is 2.36. The quantitative estimate of drug-likeness (QED) is 0.178. The van der Waals surface area contributed by atoms with Gasteiger partial charge in [-0.3, -0.25) is 4.79 Å². The summed E-state index contributed by atoms with van der Waals surface area (Å²) in [5, 5.41) is 2.00. The van der Waals surface area contributed by atoms with Gasteiger partial charge in [0.05, 0.1) is 15.5 Å². The molecule has 5 nitrogen and oxygen atoms in total. The zero-order valence-corrected chi connectivity index (χ0v) is 18.8. The first kappa shape index (κ1) is 21.8. The van der Waals surface area contributed by atoms with Crippen LogP contribution in [0.1, 0.15) is 10.4 Å². The zero-order valence-electron chi connectivity index (χ0n) is 15.6. The summed E-state index contributed by atoms with van der Waals surface area (Å²) >= 11 is 8.13. The molecule has 2 heterocycles. The van der Waals surface area contributed by atoms with Gasteiger partial charge in [0.15, 0.2) is 5.78 Å². The summed E-state index contributed by atoms with van der Waals surface area (Å²) < 4.78 is 45.3. The Morgan fingerprint density at radius 2 is 1.81 bits per heavy atom. The van der Waals surface area contributed by atoms with Crippen molar-refractivity contribution in [3.8, 4) is 10.8 Å². The fraction of sp³-hybridized carbons (Fsp3) is 0.0476. The minimum Gasteiger partial charge on any atom is -0.428 e. The van der Waals surface area contributed by atoms with Crippen LogP contribution in [0.15, 0.2) is 85.5 Å². The Bertz CT molecular complexity index is 1320. The Labute approximate surface area is 190 Å². The minimum atomic E-state index is -4.09. The third kappa shape index (κ3) is 4.74. The van der Waals surface area contributed by atoms with E-state index in [4.69, 9.17) is 16.0 Å².